The highest BCUT2D eigenvalue weighted by molar-refractivity contribution is 5.05. The molecule has 0 aliphatic rings. The highest BCUT2D eigenvalue weighted by atomic mass is 16.3. The smallest absolute Gasteiger partial charge is 0.0984 e. The quantitative estimate of drug-likeness (QED) is 0.773. The number of aliphatic hydroxyl groups is 1. The van der Waals surface area contributed by atoms with Crippen molar-refractivity contribution in [1.29, 1.82) is 0 Å². The van der Waals surface area contributed by atoms with Gasteiger partial charge in [0.1, 0.15) is 0 Å². The Labute approximate surface area is 79.4 Å². The average Bonchev–Trinajstić information content (AvgIpc) is 2.48. The largest absolute Gasteiger partial charge is 0.387 e. The van der Waals surface area contributed by atoms with Gasteiger partial charge in [-0.2, -0.15) is 5.10 Å². The minimum Gasteiger partial charge on any atom is -0.387 e. The molecule has 0 spiro atoms. The molecule has 74 valence electrons. The van der Waals surface area contributed by atoms with Gasteiger partial charge in [0.25, 0.3) is 0 Å². The summed E-state index contributed by atoms with van der Waals surface area (Å²) in [6.45, 7) is 6.29. The van der Waals surface area contributed by atoms with Gasteiger partial charge in [0, 0.05) is 13.2 Å². The topological polar surface area (TPSA) is 38.1 Å². The molecule has 0 fully saturated rings. The van der Waals surface area contributed by atoms with Gasteiger partial charge in [-0.25, -0.2) is 0 Å². The van der Waals surface area contributed by atoms with E-state index >= 15 is 0 Å². The maximum Gasteiger partial charge on any atom is 0.0984 e. The van der Waals surface area contributed by atoms with Crippen LogP contribution in [0.4, 0.5) is 0 Å². The molecule has 0 aromatic carbocycles. The van der Waals surface area contributed by atoms with Gasteiger partial charge in [-0.15, -0.1) is 0 Å². The fourth-order valence-electron chi connectivity index (χ4n) is 1.31. The lowest BCUT2D eigenvalue weighted by atomic mass is 9.90. The van der Waals surface area contributed by atoms with Crippen molar-refractivity contribution in [3.05, 3.63) is 18.0 Å². The summed E-state index contributed by atoms with van der Waals surface area (Å²) in [6, 6.07) is 1.86. The highest BCUT2D eigenvalue weighted by Gasteiger charge is 2.21. The second-order valence-electron chi connectivity index (χ2n) is 3.93. The first-order valence-electron chi connectivity index (χ1n) is 4.70. The van der Waals surface area contributed by atoms with Gasteiger partial charge in [-0.1, -0.05) is 20.8 Å². The van der Waals surface area contributed by atoms with Crippen LogP contribution in [0.15, 0.2) is 12.3 Å². The number of nitrogens with zero attached hydrogens (tertiary/aromatic N) is 2. The molecular formula is C10H18N2O. The van der Waals surface area contributed by atoms with Gasteiger partial charge in [-0.05, 0) is 17.9 Å². The lowest BCUT2D eigenvalue weighted by Crippen LogP contribution is -2.17. The van der Waals surface area contributed by atoms with Crippen molar-refractivity contribution in [3.63, 3.8) is 0 Å². The van der Waals surface area contributed by atoms with Crippen molar-refractivity contribution >= 4 is 0 Å². The predicted molar refractivity (Wildman–Crippen MR) is 52.2 cm³/mol. The molecule has 3 heteroatoms. The van der Waals surface area contributed by atoms with Gasteiger partial charge < -0.3 is 5.11 Å². The van der Waals surface area contributed by atoms with Crippen LogP contribution < -0.4 is 0 Å². The molecule has 0 aliphatic carbocycles. The Balaban J connectivity index is 2.79. The van der Waals surface area contributed by atoms with Crippen LogP contribution in [-0.2, 0) is 7.05 Å². The van der Waals surface area contributed by atoms with Crippen LogP contribution in [0.1, 0.15) is 32.6 Å². The molecule has 0 saturated heterocycles. The van der Waals surface area contributed by atoms with E-state index in [9.17, 15) is 5.11 Å². The second kappa shape index (κ2) is 3.92. The Kier molecular flexibility index (Phi) is 3.09. The fourth-order valence-corrected chi connectivity index (χ4v) is 1.31. The fraction of sp³-hybridized carbons (Fsp3) is 0.700. The van der Waals surface area contributed by atoms with Crippen molar-refractivity contribution in [3.8, 4) is 0 Å². The summed E-state index contributed by atoms with van der Waals surface area (Å²) in [7, 11) is 1.85. The molecule has 1 heterocycles. The van der Waals surface area contributed by atoms with Gasteiger partial charge in [-0.3, -0.25) is 4.68 Å². The zero-order valence-electron chi connectivity index (χ0n) is 8.73. The van der Waals surface area contributed by atoms with Crippen molar-refractivity contribution < 1.29 is 5.11 Å². The molecule has 1 aromatic heterocycles. The van der Waals surface area contributed by atoms with Crippen LogP contribution in [0.2, 0.25) is 0 Å². The third-order valence-electron chi connectivity index (χ3n) is 2.71. The molecule has 0 bridgehead atoms. The average molecular weight is 182 g/mol. The first-order valence-corrected chi connectivity index (χ1v) is 4.70. The molecule has 1 N–H and O–H groups in total. The van der Waals surface area contributed by atoms with E-state index in [1.54, 1.807) is 10.9 Å². The van der Waals surface area contributed by atoms with Gasteiger partial charge >= 0.3 is 0 Å². The van der Waals surface area contributed by atoms with Crippen molar-refractivity contribution in [1.82, 2.24) is 9.78 Å². The Morgan fingerprint density at radius 3 is 2.38 bits per heavy atom. The third kappa shape index (κ3) is 2.10. The molecular weight excluding hydrogens is 164 g/mol. The Morgan fingerprint density at radius 2 is 2.00 bits per heavy atom. The number of aryl methyl sites for hydroxylation is 1. The summed E-state index contributed by atoms with van der Waals surface area (Å²) in [4.78, 5) is 0. The van der Waals surface area contributed by atoms with Crippen molar-refractivity contribution in [2.45, 2.75) is 26.9 Å². The molecule has 1 rings (SSSR count). The van der Waals surface area contributed by atoms with E-state index in [2.05, 4.69) is 25.9 Å². The molecule has 0 radical (unpaired) electrons. The minimum absolute atomic E-state index is 0.260. The van der Waals surface area contributed by atoms with E-state index in [1.165, 1.54) is 0 Å². The van der Waals surface area contributed by atoms with E-state index in [0.717, 1.165) is 5.69 Å². The first-order chi connectivity index (χ1) is 6.04. The summed E-state index contributed by atoms with van der Waals surface area (Å²) >= 11 is 0. The molecule has 2 unspecified atom stereocenters. The van der Waals surface area contributed by atoms with Crippen molar-refractivity contribution in [2.75, 3.05) is 0 Å². The van der Waals surface area contributed by atoms with Crippen LogP contribution in [0.3, 0.4) is 0 Å². The number of aromatic nitrogens is 2. The molecule has 3 nitrogen and oxygen atoms in total. The lowest BCUT2D eigenvalue weighted by molar-refractivity contribution is 0.0846. The minimum atomic E-state index is -0.410. The summed E-state index contributed by atoms with van der Waals surface area (Å²) < 4.78 is 1.73. The zero-order valence-corrected chi connectivity index (χ0v) is 8.73. The summed E-state index contributed by atoms with van der Waals surface area (Å²) in [5, 5.41) is 14.0. The monoisotopic (exact) mass is 182 g/mol. The molecule has 0 amide bonds. The molecule has 1 aromatic rings. The second-order valence-corrected chi connectivity index (χ2v) is 3.93. The molecule has 2 atom stereocenters. The van der Waals surface area contributed by atoms with Crippen LogP contribution >= 0.6 is 0 Å². The number of hydrogen-bond acceptors (Lipinski definition) is 2. The number of rotatable bonds is 3. The predicted octanol–water partition coefficient (Wildman–Crippen LogP) is 1.75. The summed E-state index contributed by atoms with van der Waals surface area (Å²) in [5.41, 5.74) is 0.890. The zero-order chi connectivity index (χ0) is 10.0. The van der Waals surface area contributed by atoms with E-state index < -0.39 is 6.10 Å². The Hall–Kier alpha value is -0.830. The Morgan fingerprint density at radius 1 is 1.38 bits per heavy atom. The maximum absolute atomic E-state index is 9.97. The van der Waals surface area contributed by atoms with Crippen LogP contribution in [-0.4, -0.2) is 14.9 Å². The van der Waals surface area contributed by atoms with Crippen molar-refractivity contribution in [2.24, 2.45) is 18.9 Å². The van der Waals surface area contributed by atoms with E-state index in [1.807, 2.05) is 13.1 Å². The summed E-state index contributed by atoms with van der Waals surface area (Å²) in [6.07, 6.45) is 1.30. The van der Waals surface area contributed by atoms with E-state index in [4.69, 9.17) is 0 Å². The number of aliphatic hydroxyl groups excluding tert-OH is 1. The van der Waals surface area contributed by atoms with Gasteiger partial charge in [0.05, 0.1) is 11.8 Å². The molecule has 0 saturated carbocycles. The van der Waals surface area contributed by atoms with Crippen LogP contribution in [0.25, 0.3) is 0 Å². The van der Waals surface area contributed by atoms with Crippen LogP contribution in [0, 0.1) is 11.8 Å². The standard InChI is InChI=1S/C10H18N2O/c1-7(2)8(3)10(13)9-5-6-11-12(9)4/h5-8,10,13H,1-4H3. The van der Waals surface area contributed by atoms with E-state index in [-0.39, 0.29) is 5.92 Å². The SMILES string of the molecule is CC(C)C(C)C(O)c1ccnn1C. The Bertz CT molecular complexity index is 268. The normalized spacial score (nSPS) is 16.2. The lowest BCUT2D eigenvalue weighted by Gasteiger charge is -2.22. The molecule has 0 aliphatic heterocycles. The van der Waals surface area contributed by atoms with E-state index in [0.29, 0.717) is 5.92 Å². The first kappa shape index (κ1) is 10.3. The third-order valence-corrected chi connectivity index (χ3v) is 2.71. The summed E-state index contributed by atoms with van der Waals surface area (Å²) in [5.74, 6) is 0.736. The maximum atomic E-state index is 9.97. The number of hydrogen-bond donors (Lipinski definition) is 1. The van der Waals surface area contributed by atoms with Gasteiger partial charge in [0.2, 0.25) is 0 Å². The molecule has 13 heavy (non-hydrogen) atoms. The van der Waals surface area contributed by atoms with Gasteiger partial charge in [0.15, 0.2) is 0 Å². The van der Waals surface area contributed by atoms with Crippen LogP contribution in [0.5, 0.6) is 0 Å². The highest BCUT2D eigenvalue weighted by Crippen LogP contribution is 2.26.